The molecule has 0 aromatic heterocycles. The van der Waals surface area contributed by atoms with Crippen molar-refractivity contribution in [1.82, 2.24) is 0 Å². The van der Waals surface area contributed by atoms with E-state index in [0.717, 1.165) is 19.1 Å². The van der Waals surface area contributed by atoms with Gasteiger partial charge in [-0.2, -0.15) is 18.2 Å². The molecule has 0 unspecified atom stereocenters. The number of hydrogen-bond acceptors (Lipinski definition) is 4. The van der Waals surface area contributed by atoms with Crippen molar-refractivity contribution in [2.24, 2.45) is 4.99 Å². The highest BCUT2D eigenvalue weighted by atomic mass is 19.4. The van der Waals surface area contributed by atoms with Crippen molar-refractivity contribution in [3.8, 4) is 0 Å². The summed E-state index contributed by atoms with van der Waals surface area (Å²) in [5, 5.41) is 10.4. The number of alkyl halides is 3. The Morgan fingerprint density at radius 3 is 2.41 bits per heavy atom. The largest absolute Gasteiger partial charge is 0.416 e. The van der Waals surface area contributed by atoms with Gasteiger partial charge in [0.2, 0.25) is 6.08 Å². The summed E-state index contributed by atoms with van der Waals surface area (Å²) in [5.74, 6) is 0. The van der Waals surface area contributed by atoms with Gasteiger partial charge in [-0.05, 0) is 12.5 Å². The van der Waals surface area contributed by atoms with E-state index in [1.807, 2.05) is 0 Å². The fraction of sp³-hybridized carbons (Fsp3) is 0.222. The van der Waals surface area contributed by atoms with Crippen LogP contribution < -0.4 is 0 Å². The van der Waals surface area contributed by atoms with Crippen molar-refractivity contribution < 1.29 is 22.9 Å². The van der Waals surface area contributed by atoms with Crippen LogP contribution in [0.15, 0.2) is 17.1 Å². The average Bonchev–Trinajstić information content (AvgIpc) is 2.19. The maximum atomic E-state index is 12.5. The number of benzene rings is 1. The molecule has 0 aliphatic rings. The van der Waals surface area contributed by atoms with Gasteiger partial charge >= 0.3 is 6.18 Å². The molecule has 90 valence electrons. The molecule has 0 saturated carbocycles. The van der Waals surface area contributed by atoms with Crippen molar-refractivity contribution in [3.63, 3.8) is 0 Å². The maximum Gasteiger partial charge on any atom is 0.416 e. The summed E-state index contributed by atoms with van der Waals surface area (Å²) < 4.78 is 37.6. The number of hydrogen-bond donors (Lipinski definition) is 0. The highest BCUT2D eigenvalue weighted by Gasteiger charge is 2.35. The lowest BCUT2D eigenvalue weighted by Gasteiger charge is -2.11. The minimum absolute atomic E-state index is 0.355. The number of nitro groups is 1. The Morgan fingerprint density at radius 2 is 2.00 bits per heavy atom. The Balaban J connectivity index is 3.60. The Kier molecular flexibility index (Phi) is 3.28. The van der Waals surface area contributed by atoms with Crippen LogP contribution in [-0.4, -0.2) is 11.0 Å². The van der Waals surface area contributed by atoms with Crippen LogP contribution in [0.4, 0.5) is 24.5 Å². The number of non-ortho nitro benzene ring substituents is 1. The average molecular weight is 246 g/mol. The molecule has 0 fully saturated rings. The van der Waals surface area contributed by atoms with Crippen molar-refractivity contribution in [2.45, 2.75) is 13.1 Å². The third kappa shape index (κ3) is 2.67. The number of isocyanates is 1. The normalized spacial score (nSPS) is 10.8. The molecule has 1 aromatic carbocycles. The number of aliphatic imine (C=N–C) groups is 1. The topological polar surface area (TPSA) is 72.6 Å². The zero-order valence-electron chi connectivity index (χ0n) is 8.41. The molecule has 0 amide bonds. The number of rotatable bonds is 2. The number of nitrogens with zero attached hydrogens (tertiary/aromatic N) is 2. The number of carbonyl (C=O) groups excluding carboxylic acids is 1. The molecular formula is C9H5F3N2O3. The monoisotopic (exact) mass is 246 g/mol. The molecule has 0 saturated heterocycles. The van der Waals surface area contributed by atoms with Crippen LogP contribution in [0.25, 0.3) is 0 Å². The zero-order valence-corrected chi connectivity index (χ0v) is 8.41. The zero-order chi connectivity index (χ0) is 13.2. The minimum atomic E-state index is -4.75. The van der Waals surface area contributed by atoms with Gasteiger partial charge in [-0.25, -0.2) is 4.79 Å². The quantitative estimate of drug-likeness (QED) is 0.348. The fourth-order valence-electron chi connectivity index (χ4n) is 1.25. The van der Waals surface area contributed by atoms with Gasteiger partial charge in [0.25, 0.3) is 5.69 Å². The predicted octanol–water partition coefficient (Wildman–Crippen LogP) is 2.89. The second-order valence-corrected chi connectivity index (χ2v) is 3.10. The maximum absolute atomic E-state index is 12.5. The Morgan fingerprint density at radius 1 is 1.41 bits per heavy atom. The summed E-state index contributed by atoms with van der Waals surface area (Å²) in [6.45, 7) is 1.07. The smallest absolute Gasteiger partial charge is 0.258 e. The van der Waals surface area contributed by atoms with E-state index in [1.165, 1.54) is 0 Å². The van der Waals surface area contributed by atoms with Crippen molar-refractivity contribution in [3.05, 3.63) is 33.4 Å². The van der Waals surface area contributed by atoms with Gasteiger partial charge in [0.1, 0.15) is 0 Å². The van der Waals surface area contributed by atoms with Crippen LogP contribution in [0.1, 0.15) is 11.1 Å². The van der Waals surface area contributed by atoms with Crippen LogP contribution in [-0.2, 0) is 11.0 Å². The lowest BCUT2D eigenvalue weighted by molar-refractivity contribution is -0.385. The van der Waals surface area contributed by atoms with Crippen molar-refractivity contribution in [1.29, 1.82) is 0 Å². The lowest BCUT2D eigenvalue weighted by atomic mass is 10.1. The van der Waals surface area contributed by atoms with Gasteiger partial charge in [-0.3, -0.25) is 10.1 Å². The summed E-state index contributed by atoms with van der Waals surface area (Å²) in [7, 11) is 0. The van der Waals surface area contributed by atoms with E-state index in [2.05, 4.69) is 4.99 Å². The van der Waals surface area contributed by atoms with E-state index in [4.69, 9.17) is 0 Å². The molecule has 8 heteroatoms. The van der Waals surface area contributed by atoms with Gasteiger partial charge in [-0.1, -0.05) is 0 Å². The summed E-state index contributed by atoms with van der Waals surface area (Å²) >= 11 is 0. The molecule has 0 heterocycles. The molecule has 1 rings (SSSR count). The summed E-state index contributed by atoms with van der Waals surface area (Å²) in [6, 6.07) is 1.19. The van der Waals surface area contributed by atoms with E-state index >= 15 is 0 Å². The van der Waals surface area contributed by atoms with Crippen LogP contribution in [0.3, 0.4) is 0 Å². The second-order valence-electron chi connectivity index (χ2n) is 3.10. The van der Waals surface area contributed by atoms with Gasteiger partial charge in [0, 0.05) is 12.1 Å². The van der Waals surface area contributed by atoms with E-state index in [9.17, 15) is 28.1 Å². The van der Waals surface area contributed by atoms with E-state index in [0.29, 0.717) is 6.07 Å². The first kappa shape index (κ1) is 12.9. The number of nitro benzene ring substituents is 1. The van der Waals surface area contributed by atoms with E-state index in [-0.39, 0.29) is 5.56 Å². The summed E-state index contributed by atoms with van der Waals surface area (Å²) in [6.07, 6.45) is -3.69. The van der Waals surface area contributed by atoms with Crippen molar-refractivity contribution in [2.75, 3.05) is 0 Å². The Bertz CT molecular complexity index is 519. The second kappa shape index (κ2) is 4.34. The standard InChI is InChI=1S/C9H5F3N2O3/c1-5-7(9(10,11)12)2-6(14(16)17)3-8(5)13-4-15/h2-3H,1H3. The minimum Gasteiger partial charge on any atom is -0.258 e. The molecule has 1 aromatic rings. The highest BCUT2D eigenvalue weighted by Crippen LogP contribution is 2.38. The molecule has 0 bridgehead atoms. The molecule has 17 heavy (non-hydrogen) atoms. The Hall–Kier alpha value is -2.21. The van der Waals surface area contributed by atoms with E-state index < -0.39 is 28.0 Å². The molecule has 5 nitrogen and oxygen atoms in total. The Labute approximate surface area is 92.7 Å². The fourth-order valence-corrected chi connectivity index (χ4v) is 1.25. The molecule has 0 atom stereocenters. The van der Waals surface area contributed by atoms with Gasteiger partial charge in [-0.15, -0.1) is 0 Å². The summed E-state index contributed by atoms with van der Waals surface area (Å²) in [4.78, 5) is 22.5. The molecular weight excluding hydrogens is 241 g/mol. The first-order valence-electron chi connectivity index (χ1n) is 4.21. The third-order valence-corrected chi connectivity index (χ3v) is 2.05. The molecule has 0 radical (unpaired) electrons. The van der Waals surface area contributed by atoms with Crippen molar-refractivity contribution >= 4 is 17.5 Å². The predicted molar refractivity (Wildman–Crippen MR) is 50.6 cm³/mol. The SMILES string of the molecule is Cc1c(N=C=O)cc([N+](=O)[O-])cc1C(F)(F)F. The van der Waals surface area contributed by atoms with Gasteiger partial charge < -0.3 is 0 Å². The number of halogens is 3. The van der Waals surface area contributed by atoms with Crippen LogP contribution in [0, 0.1) is 17.0 Å². The lowest BCUT2D eigenvalue weighted by Crippen LogP contribution is -2.08. The molecule has 0 spiro atoms. The highest BCUT2D eigenvalue weighted by molar-refractivity contribution is 5.61. The van der Waals surface area contributed by atoms with Gasteiger partial charge in [0.05, 0.1) is 16.2 Å². The molecule has 0 aliphatic heterocycles. The van der Waals surface area contributed by atoms with Crippen LogP contribution in [0.2, 0.25) is 0 Å². The van der Waals surface area contributed by atoms with Gasteiger partial charge in [0.15, 0.2) is 0 Å². The molecule has 0 aliphatic carbocycles. The summed E-state index contributed by atoms with van der Waals surface area (Å²) in [5.41, 5.74) is -2.74. The van der Waals surface area contributed by atoms with Crippen LogP contribution in [0.5, 0.6) is 0 Å². The first-order chi connectivity index (χ1) is 7.77. The molecule has 0 N–H and O–H groups in total. The van der Waals surface area contributed by atoms with E-state index in [1.54, 1.807) is 0 Å². The third-order valence-electron chi connectivity index (χ3n) is 2.05. The first-order valence-corrected chi connectivity index (χ1v) is 4.21. The van der Waals surface area contributed by atoms with Crippen LogP contribution >= 0.6 is 0 Å².